The van der Waals surface area contributed by atoms with Gasteiger partial charge in [0.1, 0.15) is 6.61 Å². The van der Waals surface area contributed by atoms with Crippen LogP contribution < -0.4 is 0 Å². The van der Waals surface area contributed by atoms with Gasteiger partial charge in [-0.2, -0.15) is 13.2 Å². The zero-order chi connectivity index (χ0) is 27.3. The number of hydrogen-bond acceptors (Lipinski definition) is 5. The Morgan fingerprint density at radius 1 is 0.895 bits per heavy atom. The summed E-state index contributed by atoms with van der Waals surface area (Å²) in [6, 6.07) is 9.68. The number of nitrogens with zero attached hydrogens (tertiary/aromatic N) is 3. The average Bonchev–Trinajstić information content (AvgIpc) is 2.89. The van der Waals surface area contributed by atoms with E-state index in [2.05, 4.69) is 18.7 Å². The molecule has 0 bridgehead atoms. The Morgan fingerprint density at radius 3 is 2.13 bits per heavy atom. The first-order valence-corrected chi connectivity index (χ1v) is 13.7. The maximum Gasteiger partial charge on any atom is 0.471 e. The van der Waals surface area contributed by atoms with Gasteiger partial charge in [0.05, 0.1) is 12.2 Å². The second kappa shape index (κ2) is 12.2. The van der Waals surface area contributed by atoms with Gasteiger partial charge in [0.2, 0.25) is 0 Å². The van der Waals surface area contributed by atoms with Crippen molar-refractivity contribution in [3.63, 3.8) is 0 Å². The number of ether oxygens (including phenoxy) is 2. The van der Waals surface area contributed by atoms with Gasteiger partial charge in [-0.15, -0.1) is 0 Å². The summed E-state index contributed by atoms with van der Waals surface area (Å²) in [5.74, 6) is -1.19. The summed E-state index contributed by atoms with van der Waals surface area (Å²) < 4.78 is 49.7. The standard InChI is InChI=1S/C28H40F3N3O4/c1-27(2)20-33(26(36)37-19-22-6-4-3-5-7-22)16-17-34(27)18-21-8-10-23(11-9-21)38-24-12-14-32(15-13-24)25(35)28(29,30)31/h3-7,21,23-24H,8-20H2,1-2H3. The van der Waals surface area contributed by atoms with Gasteiger partial charge in [-0.1, -0.05) is 30.3 Å². The van der Waals surface area contributed by atoms with Crippen molar-refractivity contribution in [3.05, 3.63) is 35.9 Å². The highest BCUT2D eigenvalue weighted by Crippen LogP contribution is 2.32. The Labute approximate surface area is 223 Å². The summed E-state index contributed by atoms with van der Waals surface area (Å²) in [7, 11) is 0. The van der Waals surface area contributed by atoms with Gasteiger partial charge in [0.15, 0.2) is 0 Å². The molecule has 4 rings (SSSR count). The normalized spacial score (nSPS) is 25.3. The number of piperazine rings is 1. The van der Waals surface area contributed by atoms with Gasteiger partial charge in [0.25, 0.3) is 0 Å². The van der Waals surface area contributed by atoms with E-state index in [0.29, 0.717) is 31.8 Å². The van der Waals surface area contributed by atoms with Crippen LogP contribution in [0.15, 0.2) is 30.3 Å². The third-order valence-electron chi connectivity index (χ3n) is 8.17. The Balaban J connectivity index is 1.15. The fourth-order valence-corrected chi connectivity index (χ4v) is 5.90. The Bertz CT molecular complexity index is 927. The molecule has 3 aliphatic rings. The number of carbonyl (C=O) groups excluding carboxylic acids is 2. The van der Waals surface area contributed by atoms with Gasteiger partial charge < -0.3 is 19.3 Å². The SMILES string of the molecule is CC1(C)CN(C(=O)OCc2ccccc2)CCN1CC1CCC(OC2CCN(C(=O)C(F)(F)F)CC2)CC1. The van der Waals surface area contributed by atoms with E-state index >= 15 is 0 Å². The number of amides is 2. The van der Waals surface area contributed by atoms with Gasteiger partial charge in [-0.05, 0) is 63.9 Å². The largest absolute Gasteiger partial charge is 0.471 e. The smallest absolute Gasteiger partial charge is 0.445 e. The summed E-state index contributed by atoms with van der Waals surface area (Å²) in [5.41, 5.74) is 0.819. The van der Waals surface area contributed by atoms with Crippen molar-refractivity contribution < 1.29 is 32.2 Å². The van der Waals surface area contributed by atoms with Crippen LogP contribution in [-0.2, 0) is 20.9 Å². The molecule has 10 heteroatoms. The molecule has 212 valence electrons. The highest BCUT2D eigenvalue weighted by atomic mass is 19.4. The summed E-state index contributed by atoms with van der Waals surface area (Å²) in [6.07, 6.45) is -0.143. The minimum absolute atomic E-state index is 0.0810. The molecule has 1 aromatic rings. The molecule has 2 amide bonds. The number of alkyl halides is 3. The highest BCUT2D eigenvalue weighted by Gasteiger charge is 2.43. The lowest BCUT2D eigenvalue weighted by Crippen LogP contribution is -2.61. The lowest BCUT2D eigenvalue weighted by atomic mass is 9.85. The molecule has 0 N–H and O–H groups in total. The number of halogens is 3. The fourth-order valence-electron chi connectivity index (χ4n) is 5.90. The van der Waals surface area contributed by atoms with Crippen LogP contribution in [0.25, 0.3) is 0 Å². The lowest BCUT2D eigenvalue weighted by Gasteiger charge is -2.48. The first-order valence-electron chi connectivity index (χ1n) is 13.7. The molecule has 2 heterocycles. The van der Waals surface area contributed by atoms with E-state index in [0.717, 1.165) is 49.2 Å². The quantitative estimate of drug-likeness (QED) is 0.518. The molecule has 0 spiro atoms. The van der Waals surface area contributed by atoms with E-state index in [4.69, 9.17) is 9.47 Å². The molecule has 3 fully saturated rings. The zero-order valence-corrected chi connectivity index (χ0v) is 22.4. The van der Waals surface area contributed by atoms with Crippen molar-refractivity contribution in [3.8, 4) is 0 Å². The third kappa shape index (κ3) is 7.62. The molecule has 0 atom stereocenters. The number of likely N-dealkylation sites (tertiary alicyclic amines) is 1. The van der Waals surface area contributed by atoms with Crippen LogP contribution in [0.1, 0.15) is 57.9 Å². The number of hydrogen-bond donors (Lipinski definition) is 0. The second-order valence-electron chi connectivity index (χ2n) is 11.5. The van der Waals surface area contributed by atoms with Crippen LogP contribution in [0.4, 0.5) is 18.0 Å². The monoisotopic (exact) mass is 539 g/mol. The van der Waals surface area contributed by atoms with Gasteiger partial charge in [0, 0.05) is 44.8 Å². The van der Waals surface area contributed by atoms with Crippen molar-refractivity contribution >= 4 is 12.0 Å². The molecular weight excluding hydrogens is 499 g/mol. The number of carbonyl (C=O) groups is 2. The summed E-state index contributed by atoms with van der Waals surface area (Å²) in [6.45, 7) is 7.86. The van der Waals surface area contributed by atoms with Crippen molar-refractivity contribution in [2.75, 3.05) is 39.3 Å². The Morgan fingerprint density at radius 2 is 1.53 bits per heavy atom. The van der Waals surface area contributed by atoms with E-state index in [1.807, 2.05) is 30.3 Å². The minimum Gasteiger partial charge on any atom is -0.445 e. The van der Waals surface area contributed by atoms with E-state index < -0.39 is 12.1 Å². The van der Waals surface area contributed by atoms with E-state index in [1.165, 1.54) is 0 Å². The molecule has 0 unspecified atom stereocenters. The topological polar surface area (TPSA) is 62.3 Å². The predicted molar refractivity (Wildman–Crippen MR) is 136 cm³/mol. The summed E-state index contributed by atoms with van der Waals surface area (Å²) in [4.78, 5) is 29.3. The molecule has 1 aliphatic carbocycles. The Kier molecular flexibility index (Phi) is 9.23. The second-order valence-corrected chi connectivity index (χ2v) is 11.5. The van der Waals surface area contributed by atoms with Crippen LogP contribution in [0, 0.1) is 5.92 Å². The Hall–Kier alpha value is -2.33. The molecule has 0 aromatic heterocycles. The molecular formula is C28H40F3N3O4. The predicted octanol–water partition coefficient (Wildman–Crippen LogP) is 4.85. The maximum atomic E-state index is 12.7. The number of benzene rings is 1. The third-order valence-corrected chi connectivity index (χ3v) is 8.17. The molecule has 2 aliphatic heterocycles. The van der Waals surface area contributed by atoms with Crippen molar-refractivity contribution in [1.29, 1.82) is 0 Å². The molecule has 0 radical (unpaired) electrons. The van der Waals surface area contributed by atoms with Gasteiger partial charge in [-0.3, -0.25) is 9.69 Å². The van der Waals surface area contributed by atoms with Crippen LogP contribution in [-0.4, -0.2) is 89.9 Å². The average molecular weight is 540 g/mol. The summed E-state index contributed by atoms with van der Waals surface area (Å²) >= 11 is 0. The number of piperidine rings is 1. The van der Waals surface area contributed by atoms with Crippen molar-refractivity contribution in [2.24, 2.45) is 5.92 Å². The molecule has 1 aromatic carbocycles. The molecule has 7 nitrogen and oxygen atoms in total. The van der Waals surface area contributed by atoms with Gasteiger partial charge in [-0.25, -0.2) is 4.79 Å². The first kappa shape index (κ1) is 28.7. The lowest BCUT2D eigenvalue weighted by molar-refractivity contribution is -0.188. The maximum absolute atomic E-state index is 12.7. The van der Waals surface area contributed by atoms with E-state index in [9.17, 15) is 22.8 Å². The molecule has 38 heavy (non-hydrogen) atoms. The van der Waals surface area contributed by atoms with Crippen molar-refractivity contribution in [1.82, 2.24) is 14.7 Å². The highest BCUT2D eigenvalue weighted by molar-refractivity contribution is 5.81. The van der Waals surface area contributed by atoms with E-state index in [-0.39, 0.29) is 43.5 Å². The van der Waals surface area contributed by atoms with Crippen LogP contribution in [0.3, 0.4) is 0 Å². The van der Waals surface area contributed by atoms with Crippen LogP contribution in [0.2, 0.25) is 0 Å². The molecule has 1 saturated carbocycles. The van der Waals surface area contributed by atoms with Crippen LogP contribution in [0.5, 0.6) is 0 Å². The minimum atomic E-state index is -4.81. The number of rotatable bonds is 6. The first-order chi connectivity index (χ1) is 18.0. The van der Waals surface area contributed by atoms with Crippen LogP contribution >= 0.6 is 0 Å². The van der Waals surface area contributed by atoms with Gasteiger partial charge >= 0.3 is 18.2 Å². The van der Waals surface area contributed by atoms with Crippen molar-refractivity contribution in [2.45, 2.75) is 82.9 Å². The zero-order valence-electron chi connectivity index (χ0n) is 22.4. The fraction of sp³-hybridized carbons (Fsp3) is 0.714. The molecule has 2 saturated heterocycles. The summed E-state index contributed by atoms with van der Waals surface area (Å²) in [5, 5.41) is 0. The van der Waals surface area contributed by atoms with E-state index in [1.54, 1.807) is 4.90 Å².